The molecule has 1 aromatic rings. The maximum Gasteiger partial charge on any atom is 0.305 e. The van der Waals surface area contributed by atoms with Crippen LogP contribution < -0.4 is 10.5 Å². The van der Waals surface area contributed by atoms with Gasteiger partial charge < -0.3 is 15.2 Å². The van der Waals surface area contributed by atoms with Gasteiger partial charge in [-0.2, -0.15) is 0 Å². The van der Waals surface area contributed by atoms with Crippen molar-refractivity contribution in [3.63, 3.8) is 0 Å². The maximum absolute atomic E-state index is 11.1. The minimum Gasteiger partial charge on any atom is -0.493 e. The van der Waals surface area contributed by atoms with Gasteiger partial charge in [0.05, 0.1) is 24.2 Å². The number of nitrogen functional groups attached to an aromatic ring is 1. The number of esters is 1. The summed E-state index contributed by atoms with van der Waals surface area (Å²) in [4.78, 5) is 21.2. The summed E-state index contributed by atoms with van der Waals surface area (Å²) in [6, 6.07) is 4.23. The van der Waals surface area contributed by atoms with Crippen molar-refractivity contribution in [2.45, 2.75) is 19.8 Å². The molecule has 0 aromatic heterocycles. The molecule has 0 saturated heterocycles. The van der Waals surface area contributed by atoms with Gasteiger partial charge in [-0.25, -0.2) is 0 Å². The lowest BCUT2D eigenvalue weighted by atomic mass is 10.2. The average molecular weight is 268 g/mol. The number of hydrogen-bond acceptors (Lipinski definition) is 6. The van der Waals surface area contributed by atoms with Crippen molar-refractivity contribution >= 4 is 17.3 Å². The first-order chi connectivity index (χ1) is 9.04. The van der Waals surface area contributed by atoms with Gasteiger partial charge in [0.25, 0.3) is 5.69 Å². The molecule has 7 heteroatoms. The highest BCUT2D eigenvalue weighted by Gasteiger charge is 2.12. The molecule has 0 aliphatic rings. The molecule has 0 aliphatic heterocycles. The first-order valence-corrected chi connectivity index (χ1v) is 5.87. The highest BCUT2D eigenvalue weighted by atomic mass is 16.6. The third-order valence-electron chi connectivity index (χ3n) is 2.30. The van der Waals surface area contributed by atoms with E-state index in [4.69, 9.17) is 15.2 Å². The van der Waals surface area contributed by atoms with Gasteiger partial charge in [0.15, 0.2) is 0 Å². The quantitative estimate of drug-likeness (QED) is 0.266. The van der Waals surface area contributed by atoms with E-state index >= 15 is 0 Å². The van der Waals surface area contributed by atoms with Crippen molar-refractivity contribution in [2.75, 3.05) is 18.9 Å². The zero-order chi connectivity index (χ0) is 14.3. The number of rotatable bonds is 7. The summed E-state index contributed by atoms with van der Waals surface area (Å²) in [5.74, 6) is 0.0687. The molecule has 0 radical (unpaired) electrons. The fraction of sp³-hybridized carbons (Fsp3) is 0.417. The van der Waals surface area contributed by atoms with Crippen molar-refractivity contribution in [1.29, 1.82) is 0 Å². The van der Waals surface area contributed by atoms with Crippen LogP contribution in [0.3, 0.4) is 0 Å². The number of hydrogen-bond donors (Lipinski definition) is 1. The van der Waals surface area contributed by atoms with Crippen LogP contribution in [0.1, 0.15) is 19.8 Å². The highest BCUT2D eigenvalue weighted by molar-refractivity contribution is 5.69. The largest absolute Gasteiger partial charge is 0.493 e. The summed E-state index contributed by atoms with van der Waals surface area (Å²) in [5.41, 5.74) is 5.36. The molecule has 0 fully saturated rings. The average Bonchev–Trinajstić information content (AvgIpc) is 2.36. The molecule has 0 spiro atoms. The smallest absolute Gasteiger partial charge is 0.305 e. The van der Waals surface area contributed by atoms with Gasteiger partial charge in [0.1, 0.15) is 11.4 Å². The van der Waals surface area contributed by atoms with Gasteiger partial charge in [0.2, 0.25) is 0 Å². The third-order valence-corrected chi connectivity index (χ3v) is 2.30. The molecule has 19 heavy (non-hydrogen) atoms. The summed E-state index contributed by atoms with van der Waals surface area (Å²) < 4.78 is 10.1. The van der Waals surface area contributed by atoms with Gasteiger partial charge in [-0.3, -0.25) is 14.9 Å². The Morgan fingerprint density at radius 3 is 2.84 bits per heavy atom. The number of nitrogens with two attached hydrogens (primary N) is 1. The lowest BCUT2D eigenvalue weighted by molar-refractivity contribution is -0.384. The van der Waals surface area contributed by atoms with Gasteiger partial charge >= 0.3 is 5.97 Å². The van der Waals surface area contributed by atoms with E-state index in [9.17, 15) is 14.9 Å². The molecule has 2 N–H and O–H groups in total. The third kappa shape index (κ3) is 4.82. The molecule has 1 rings (SSSR count). The Balaban J connectivity index is 2.44. The number of carbonyl (C=O) groups excluding carboxylic acids is 1. The number of nitrogens with zero attached hydrogens (tertiary/aromatic N) is 1. The van der Waals surface area contributed by atoms with Crippen LogP contribution >= 0.6 is 0 Å². The Kier molecular flexibility index (Phi) is 5.59. The SMILES string of the molecule is CCOC(=O)CCCOc1ccc(N)c([N+](=O)[O-])c1. The van der Waals surface area contributed by atoms with E-state index in [-0.39, 0.29) is 30.4 Å². The van der Waals surface area contributed by atoms with Crippen LogP contribution in [0.2, 0.25) is 0 Å². The highest BCUT2D eigenvalue weighted by Crippen LogP contribution is 2.26. The number of nitro groups is 1. The number of nitro benzene ring substituents is 1. The Morgan fingerprint density at radius 2 is 2.21 bits per heavy atom. The zero-order valence-electron chi connectivity index (χ0n) is 10.6. The molecule has 7 nitrogen and oxygen atoms in total. The van der Waals surface area contributed by atoms with Gasteiger partial charge in [-0.15, -0.1) is 0 Å². The number of carbonyl (C=O) groups is 1. The minimum absolute atomic E-state index is 0.0869. The van der Waals surface area contributed by atoms with Crippen LogP contribution in [0.4, 0.5) is 11.4 Å². The van der Waals surface area contributed by atoms with E-state index < -0.39 is 4.92 Å². The summed E-state index contributed by atoms with van der Waals surface area (Å²) in [5, 5.41) is 10.7. The molecule has 1 aromatic carbocycles. The van der Waals surface area contributed by atoms with Gasteiger partial charge in [-0.1, -0.05) is 0 Å². The molecule has 0 heterocycles. The standard InChI is InChI=1S/C12H16N2O5/c1-2-18-12(15)4-3-7-19-9-5-6-10(13)11(8-9)14(16)17/h5-6,8H,2-4,7,13H2,1H3. The first kappa shape index (κ1) is 14.7. The van der Waals surface area contributed by atoms with Crippen LogP contribution in [0.25, 0.3) is 0 Å². The van der Waals surface area contributed by atoms with E-state index in [1.807, 2.05) is 0 Å². The molecule has 0 unspecified atom stereocenters. The van der Waals surface area contributed by atoms with Crippen molar-refractivity contribution < 1.29 is 19.2 Å². The summed E-state index contributed by atoms with van der Waals surface area (Å²) in [6.45, 7) is 2.37. The van der Waals surface area contributed by atoms with E-state index in [0.717, 1.165) is 0 Å². The van der Waals surface area contributed by atoms with Crippen LogP contribution in [-0.2, 0) is 9.53 Å². The predicted molar refractivity (Wildman–Crippen MR) is 68.9 cm³/mol. The Bertz CT molecular complexity index is 461. The molecule has 0 aliphatic carbocycles. The van der Waals surface area contributed by atoms with Crippen LogP contribution in [0.5, 0.6) is 5.75 Å². The van der Waals surface area contributed by atoms with Crippen LogP contribution in [0, 0.1) is 10.1 Å². The molecule has 0 atom stereocenters. The molecule has 104 valence electrons. The molecule has 0 amide bonds. The Morgan fingerprint density at radius 1 is 1.47 bits per heavy atom. The predicted octanol–water partition coefficient (Wildman–Crippen LogP) is 1.90. The normalized spacial score (nSPS) is 9.95. The Labute approximate surface area is 110 Å². The zero-order valence-corrected chi connectivity index (χ0v) is 10.6. The summed E-state index contributed by atoms with van der Waals surface area (Å²) >= 11 is 0. The molecule has 0 saturated carbocycles. The fourth-order valence-corrected chi connectivity index (χ4v) is 1.41. The maximum atomic E-state index is 11.1. The van der Waals surface area contributed by atoms with E-state index in [1.165, 1.54) is 12.1 Å². The van der Waals surface area contributed by atoms with E-state index in [2.05, 4.69) is 0 Å². The fourth-order valence-electron chi connectivity index (χ4n) is 1.41. The van der Waals surface area contributed by atoms with Crippen LogP contribution in [-0.4, -0.2) is 24.1 Å². The second-order valence-electron chi connectivity index (χ2n) is 3.73. The summed E-state index contributed by atoms with van der Waals surface area (Å²) in [7, 11) is 0. The van der Waals surface area contributed by atoms with E-state index in [0.29, 0.717) is 18.8 Å². The first-order valence-electron chi connectivity index (χ1n) is 5.87. The summed E-state index contributed by atoms with van der Waals surface area (Å²) in [6.07, 6.45) is 0.738. The second-order valence-corrected chi connectivity index (χ2v) is 3.73. The topological polar surface area (TPSA) is 105 Å². The second kappa shape index (κ2) is 7.20. The monoisotopic (exact) mass is 268 g/mol. The van der Waals surface area contributed by atoms with Crippen LogP contribution in [0.15, 0.2) is 18.2 Å². The molecule has 0 bridgehead atoms. The van der Waals surface area contributed by atoms with Gasteiger partial charge in [-0.05, 0) is 25.5 Å². The lowest BCUT2D eigenvalue weighted by Crippen LogP contribution is -2.07. The van der Waals surface area contributed by atoms with Crippen molar-refractivity contribution in [2.24, 2.45) is 0 Å². The number of benzene rings is 1. The van der Waals surface area contributed by atoms with Crippen molar-refractivity contribution in [3.8, 4) is 5.75 Å². The number of anilines is 1. The minimum atomic E-state index is -0.569. The lowest BCUT2D eigenvalue weighted by Gasteiger charge is -2.06. The van der Waals surface area contributed by atoms with Crippen molar-refractivity contribution in [1.82, 2.24) is 0 Å². The Hall–Kier alpha value is -2.31. The molecular weight excluding hydrogens is 252 g/mol. The number of ether oxygens (including phenoxy) is 2. The molecular formula is C12H16N2O5. The van der Waals surface area contributed by atoms with E-state index in [1.54, 1.807) is 13.0 Å². The van der Waals surface area contributed by atoms with Gasteiger partial charge in [0, 0.05) is 6.42 Å². The van der Waals surface area contributed by atoms with Crippen molar-refractivity contribution in [3.05, 3.63) is 28.3 Å².